The molecule has 2 aromatic carbocycles. The lowest BCUT2D eigenvalue weighted by atomic mass is 9.91. The third-order valence-electron chi connectivity index (χ3n) is 5.14. The Kier molecular flexibility index (Phi) is 5.73. The molecule has 9 heteroatoms. The predicted octanol–water partition coefficient (Wildman–Crippen LogP) is 3.90. The number of rotatable bonds is 4. The van der Waals surface area contributed by atoms with Crippen molar-refractivity contribution in [3.05, 3.63) is 87.2 Å². The third kappa shape index (κ3) is 4.15. The van der Waals surface area contributed by atoms with Crippen LogP contribution in [0, 0.1) is 10.1 Å². The van der Waals surface area contributed by atoms with E-state index in [9.17, 15) is 19.7 Å². The highest BCUT2D eigenvalue weighted by molar-refractivity contribution is 6.31. The van der Waals surface area contributed by atoms with Gasteiger partial charge in [-0.3, -0.25) is 19.7 Å². The van der Waals surface area contributed by atoms with Gasteiger partial charge in [0.15, 0.2) is 5.82 Å². The second-order valence-corrected chi connectivity index (χ2v) is 7.44. The maximum atomic E-state index is 12.9. The van der Waals surface area contributed by atoms with E-state index in [1.54, 1.807) is 54.6 Å². The Morgan fingerprint density at radius 1 is 1.06 bits per heavy atom. The molecule has 0 aliphatic carbocycles. The van der Waals surface area contributed by atoms with Crippen molar-refractivity contribution in [1.29, 1.82) is 0 Å². The minimum absolute atomic E-state index is 0.0189. The van der Waals surface area contributed by atoms with Gasteiger partial charge in [-0.2, -0.15) is 0 Å². The van der Waals surface area contributed by atoms with Crippen molar-refractivity contribution >= 4 is 29.0 Å². The van der Waals surface area contributed by atoms with Crippen molar-refractivity contribution < 1.29 is 14.5 Å². The number of nitro groups is 1. The van der Waals surface area contributed by atoms with Crippen molar-refractivity contribution in [2.24, 2.45) is 0 Å². The molecule has 1 saturated heterocycles. The number of ketones is 1. The molecule has 156 valence electrons. The molecule has 1 unspecified atom stereocenters. The Balaban J connectivity index is 1.75. The molecular formula is C22H17ClN4O4. The van der Waals surface area contributed by atoms with Crippen LogP contribution in [-0.4, -0.2) is 44.6 Å². The first-order valence-electron chi connectivity index (χ1n) is 9.60. The Morgan fingerprint density at radius 3 is 2.35 bits per heavy atom. The number of hydrogen-bond donors (Lipinski definition) is 0. The van der Waals surface area contributed by atoms with Gasteiger partial charge in [0.25, 0.3) is 5.91 Å². The van der Waals surface area contributed by atoms with Crippen LogP contribution in [0.4, 0.5) is 5.69 Å². The Bertz CT molecular complexity index is 1150. The van der Waals surface area contributed by atoms with Gasteiger partial charge in [-0.25, -0.2) is 9.97 Å². The molecule has 0 N–H and O–H groups in total. The summed E-state index contributed by atoms with van der Waals surface area (Å²) in [5.74, 6) is -1.26. The zero-order valence-corrected chi connectivity index (χ0v) is 17.0. The zero-order chi connectivity index (χ0) is 22.0. The maximum absolute atomic E-state index is 12.9. The highest BCUT2D eigenvalue weighted by Gasteiger charge is 2.38. The molecule has 3 aromatic rings. The first kappa shape index (κ1) is 20.6. The van der Waals surface area contributed by atoms with E-state index in [-0.39, 0.29) is 47.9 Å². The van der Waals surface area contributed by atoms with Gasteiger partial charge in [-0.05, 0) is 12.1 Å². The first-order valence-corrected chi connectivity index (χ1v) is 9.97. The number of amides is 1. The number of halogens is 1. The second-order valence-electron chi connectivity index (χ2n) is 7.08. The topological polar surface area (TPSA) is 106 Å². The smallest absolute Gasteiger partial charge is 0.328 e. The van der Waals surface area contributed by atoms with Gasteiger partial charge in [0, 0.05) is 30.6 Å². The van der Waals surface area contributed by atoms with Crippen molar-refractivity contribution in [2.75, 3.05) is 13.1 Å². The van der Waals surface area contributed by atoms with Gasteiger partial charge >= 0.3 is 5.69 Å². The van der Waals surface area contributed by atoms with Crippen LogP contribution in [0.3, 0.4) is 0 Å². The van der Waals surface area contributed by atoms with E-state index in [2.05, 4.69) is 9.97 Å². The van der Waals surface area contributed by atoms with E-state index in [0.29, 0.717) is 11.1 Å². The summed E-state index contributed by atoms with van der Waals surface area (Å²) in [6, 6.07) is 17.5. The van der Waals surface area contributed by atoms with Gasteiger partial charge in [0.05, 0.1) is 10.8 Å². The summed E-state index contributed by atoms with van der Waals surface area (Å²) in [7, 11) is 0. The quantitative estimate of drug-likeness (QED) is 0.349. The first-order chi connectivity index (χ1) is 15.0. The average Bonchev–Trinajstić information content (AvgIpc) is 2.79. The van der Waals surface area contributed by atoms with Gasteiger partial charge in [0.2, 0.25) is 5.15 Å². The lowest BCUT2D eigenvalue weighted by Crippen LogP contribution is -2.43. The van der Waals surface area contributed by atoms with Crippen LogP contribution < -0.4 is 0 Å². The van der Waals surface area contributed by atoms with Gasteiger partial charge in [-0.1, -0.05) is 60.1 Å². The monoisotopic (exact) mass is 436 g/mol. The van der Waals surface area contributed by atoms with Crippen molar-refractivity contribution in [3.8, 4) is 11.4 Å². The molecule has 1 fully saturated rings. The highest BCUT2D eigenvalue weighted by atomic mass is 35.5. The number of benzene rings is 2. The Labute approximate surface area is 182 Å². The molecule has 1 atom stereocenters. The molecule has 4 rings (SSSR count). The summed E-state index contributed by atoms with van der Waals surface area (Å²) in [6.07, 6.45) is 0.0721. The molecule has 0 spiro atoms. The fraction of sp³-hybridized carbons (Fsp3) is 0.182. The second kappa shape index (κ2) is 8.61. The van der Waals surface area contributed by atoms with Crippen LogP contribution in [0.5, 0.6) is 0 Å². The summed E-state index contributed by atoms with van der Waals surface area (Å²) >= 11 is 6.16. The van der Waals surface area contributed by atoms with Gasteiger partial charge < -0.3 is 4.90 Å². The van der Waals surface area contributed by atoms with Crippen LogP contribution in [0.15, 0.2) is 60.7 Å². The molecule has 1 aliphatic heterocycles. The molecule has 31 heavy (non-hydrogen) atoms. The lowest BCUT2D eigenvalue weighted by molar-refractivity contribution is -0.386. The molecule has 1 aromatic heterocycles. The largest absolute Gasteiger partial charge is 0.337 e. The Hall–Kier alpha value is -3.65. The molecule has 0 saturated carbocycles. The molecule has 0 bridgehead atoms. The Morgan fingerprint density at radius 2 is 1.71 bits per heavy atom. The fourth-order valence-electron chi connectivity index (χ4n) is 3.59. The van der Waals surface area contributed by atoms with Crippen LogP contribution in [0.25, 0.3) is 11.4 Å². The van der Waals surface area contributed by atoms with Crippen LogP contribution in [-0.2, 0) is 4.79 Å². The van der Waals surface area contributed by atoms with E-state index >= 15 is 0 Å². The summed E-state index contributed by atoms with van der Waals surface area (Å²) in [4.78, 5) is 46.6. The molecule has 1 amide bonds. The minimum atomic E-state index is -0.968. The average molecular weight is 437 g/mol. The molecule has 2 heterocycles. The maximum Gasteiger partial charge on any atom is 0.328 e. The SMILES string of the molecule is O=C1CCN(C(=O)c2ccccc2)CC1c1nc(-c2ccccc2)nc(Cl)c1[N+](=O)[O-]. The van der Waals surface area contributed by atoms with Gasteiger partial charge in [0.1, 0.15) is 11.5 Å². The number of aromatic nitrogens is 2. The lowest BCUT2D eigenvalue weighted by Gasteiger charge is -2.31. The summed E-state index contributed by atoms with van der Waals surface area (Å²) in [6.45, 7) is 0.218. The normalized spacial score (nSPS) is 16.2. The highest BCUT2D eigenvalue weighted by Crippen LogP contribution is 2.36. The summed E-state index contributed by atoms with van der Waals surface area (Å²) < 4.78 is 0. The number of likely N-dealkylation sites (tertiary alicyclic amines) is 1. The van der Waals surface area contributed by atoms with E-state index in [1.807, 2.05) is 6.07 Å². The third-order valence-corrected chi connectivity index (χ3v) is 5.40. The van der Waals surface area contributed by atoms with E-state index in [0.717, 1.165) is 0 Å². The number of hydrogen-bond acceptors (Lipinski definition) is 6. The number of carbonyl (C=O) groups is 2. The fourth-order valence-corrected chi connectivity index (χ4v) is 3.84. The van der Waals surface area contributed by atoms with E-state index in [1.165, 1.54) is 4.90 Å². The number of piperidine rings is 1. The van der Waals surface area contributed by atoms with Crippen LogP contribution >= 0.6 is 11.6 Å². The van der Waals surface area contributed by atoms with Crippen molar-refractivity contribution in [1.82, 2.24) is 14.9 Å². The summed E-state index contributed by atoms with van der Waals surface area (Å²) in [5.41, 5.74) is 0.518. The predicted molar refractivity (Wildman–Crippen MR) is 114 cm³/mol. The molecule has 1 aliphatic rings. The molecule has 0 radical (unpaired) electrons. The molecular weight excluding hydrogens is 420 g/mol. The van der Waals surface area contributed by atoms with Crippen molar-refractivity contribution in [2.45, 2.75) is 12.3 Å². The summed E-state index contributed by atoms with van der Waals surface area (Å²) in [5, 5.41) is 11.4. The zero-order valence-electron chi connectivity index (χ0n) is 16.3. The van der Waals surface area contributed by atoms with E-state index < -0.39 is 16.5 Å². The standard InChI is InChI=1S/C22H17ClN4O4/c23-20-19(27(30)31)18(24-21(25-20)14-7-3-1-4-8-14)16-13-26(12-11-17(16)28)22(29)15-9-5-2-6-10-15/h1-10,16H,11-13H2. The minimum Gasteiger partial charge on any atom is -0.337 e. The number of carbonyl (C=O) groups excluding carboxylic acids is 2. The van der Waals surface area contributed by atoms with E-state index in [4.69, 9.17) is 11.6 Å². The number of nitrogens with zero attached hydrogens (tertiary/aromatic N) is 4. The van der Waals surface area contributed by atoms with Crippen molar-refractivity contribution in [3.63, 3.8) is 0 Å². The van der Waals surface area contributed by atoms with Crippen LogP contribution in [0.2, 0.25) is 5.15 Å². The van der Waals surface area contributed by atoms with Gasteiger partial charge in [-0.15, -0.1) is 0 Å². The van der Waals surface area contributed by atoms with Crippen LogP contribution in [0.1, 0.15) is 28.4 Å². The number of Topliss-reactive ketones (excluding diaryl/α,β-unsaturated/α-hetero) is 1. The molecule has 8 nitrogen and oxygen atoms in total.